The van der Waals surface area contributed by atoms with Gasteiger partial charge < -0.3 is 13.7 Å². The summed E-state index contributed by atoms with van der Waals surface area (Å²) in [7, 11) is -3.86. The first-order valence-electron chi connectivity index (χ1n) is 9.25. The number of benzene rings is 1. The highest BCUT2D eigenvalue weighted by Gasteiger charge is 2.28. The Morgan fingerprint density at radius 1 is 1.17 bits per heavy atom. The summed E-state index contributed by atoms with van der Waals surface area (Å²) >= 11 is 0. The molecule has 0 aliphatic carbocycles. The lowest BCUT2D eigenvalue weighted by molar-refractivity contribution is -0.148. The van der Waals surface area contributed by atoms with E-state index in [9.17, 15) is 13.2 Å². The van der Waals surface area contributed by atoms with Crippen LogP contribution in [-0.4, -0.2) is 25.6 Å². The molecule has 1 N–H and O–H groups in total. The summed E-state index contributed by atoms with van der Waals surface area (Å²) in [5.41, 5.74) is 1.11. The lowest BCUT2D eigenvalue weighted by atomic mass is 10.1. The molecule has 0 bridgehead atoms. The molecule has 0 fully saturated rings. The molecule has 8 nitrogen and oxygen atoms in total. The van der Waals surface area contributed by atoms with Crippen molar-refractivity contribution in [2.24, 2.45) is 5.92 Å². The van der Waals surface area contributed by atoms with Crippen LogP contribution >= 0.6 is 0 Å². The standard InChI is InChI=1S/C21H22N2O6S/c1-15(2)20(23-30(25,26)12-10-16-7-4-3-5-8-16)21(24)28-14-17-13-19(29-22-17)18-9-6-11-27-18/h3-13,15,20,23H,14H2,1-2H3/b12-10+/t20-/m0/s1. The summed E-state index contributed by atoms with van der Waals surface area (Å²) in [6.45, 7) is 3.29. The second-order valence-electron chi connectivity index (χ2n) is 6.87. The first kappa shape index (κ1) is 21.5. The zero-order valence-electron chi connectivity index (χ0n) is 16.5. The highest BCUT2D eigenvalue weighted by atomic mass is 32.2. The zero-order valence-corrected chi connectivity index (χ0v) is 17.3. The van der Waals surface area contributed by atoms with Crippen LogP contribution in [0.25, 0.3) is 17.6 Å². The molecule has 30 heavy (non-hydrogen) atoms. The summed E-state index contributed by atoms with van der Waals surface area (Å²) in [6, 6.07) is 12.9. The van der Waals surface area contributed by atoms with E-state index in [1.165, 1.54) is 12.3 Å². The average Bonchev–Trinajstić information content (AvgIpc) is 3.41. The number of carbonyl (C=O) groups is 1. The van der Waals surface area contributed by atoms with Gasteiger partial charge in [-0.25, -0.2) is 8.42 Å². The van der Waals surface area contributed by atoms with Crippen LogP contribution in [0, 0.1) is 5.92 Å². The van der Waals surface area contributed by atoms with Crippen molar-refractivity contribution in [1.82, 2.24) is 9.88 Å². The Morgan fingerprint density at radius 2 is 1.93 bits per heavy atom. The SMILES string of the molecule is CC(C)[C@H](NS(=O)(=O)/C=C/c1ccccc1)C(=O)OCc1cc(-c2ccco2)on1. The van der Waals surface area contributed by atoms with E-state index in [0.29, 0.717) is 17.2 Å². The Morgan fingerprint density at radius 3 is 2.60 bits per heavy atom. The topological polar surface area (TPSA) is 112 Å². The molecule has 0 unspecified atom stereocenters. The molecule has 0 saturated heterocycles. The second-order valence-corrected chi connectivity index (χ2v) is 8.46. The summed E-state index contributed by atoms with van der Waals surface area (Å²) in [4.78, 5) is 12.5. The number of furan rings is 1. The Labute approximate surface area is 174 Å². The summed E-state index contributed by atoms with van der Waals surface area (Å²) in [5, 5.41) is 4.85. The van der Waals surface area contributed by atoms with Crippen LogP contribution in [0.3, 0.4) is 0 Å². The number of ether oxygens (including phenoxy) is 1. The highest BCUT2D eigenvalue weighted by Crippen LogP contribution is 2.21. The average molecular weight is 430 g/mol. The van der Waals surface area contributed by atoms with E-state index in [4.69, 9.17) is 13.7 Å². The van der Waals surface area contributed by atoms with Crippen LogP contribution in [-0.2, 0) is 26.2 Å². The van der Waals surface area contributed by atoms with Crippen molar-refractivity contribution in [3.63, 3.8) is 0 Å². The predicted octanol–water partition coefficient (Wildman–Crippen LogP) is 3.59. The van der Waals surface area contributed by atoms with E-state index in [1.54, 1.807) is 56.3 Å². The van der Waals surface area contributed by atoms with Gasteiger partial charge in [-0.2, -0.15) is 4.72 Å². The van der Waals surface area contributed by atoms with Gasteiger partial charge in [0.15, 0.2) is 5.76 Å². The fourth-order valence-electron chi connectivity index (χ4n) is 2.55. The van der Waals surface area contributed by atoms with Crippen LogP contribution < -0.4 is 4.72 Å². The molecule has 0 spiro atoms. The van der Waals surface area contributed by atoms with E-state index in [-0.39, 0.29) is 12.5 Å². The predicted molar refractivity (Wildman–Crippen MR) is 110 cm³/mol. The highest BCUT2D eigenvalue weighted by molar-refractivity contribution is 7.92. The number of aromatic nitrogens is 1. The number of carbonyl (C=O) groups excluding carboxylic acids is 1. The van der Waals surface area contributed by atoms with Crippen LogP contribution in [0.1, 0.15) is 25.1 Å². The normalized spacial score (nSPS) is 13.0. The Balaban J connectivity index is 1.61. The molecule has 158 valence electrons. The van der Waals surface area contributed by atoms with E-state index in [1.807, 2.05) is 6.07 Å². The van der Waals surface area contributed by atoms with Crippen molar-refractivity contribution in [3.8, 4) is 11.5 Å². The van der Waals surface area contributed by atoms with Crippen molar-refractivity contribution in [2.45, 2.75) is 26.5 Å². The monoisotopic (exact) mass is 430 g/mol. The third kappa shape index (κ3) is 5.91. The minimum absolute atomic E-state index is 0.159. The minimum atomic E-state index is -3.86. The van der Waals surface area contributed by atoms with E-state index in [0.717, 1.165) is 11.0 Å². The Hall–Kier alpha value is -3.17. The second kappa shape index (κ2) is 9.55. The Bertz CT molecular complexity index is 1090. The van der Waals surface area contributed by atoms with E-state index < -0.39 is 22.0 Å². The number of rotatable bonds is 9. The maximum absolute atomic E-state index is 12.5. The number of sulfonamides is 1. The molecule has 0 aliphatic rings. The Kier molecular flexibility index (Phi) is 6.86. The van der Waals surface area contributed by atoms with Gasteiger partial charge in [0.2, 0.25) is 15.8 Å². The molecule has 2 aromatic heterocycles. The summed E-state index contributed by atoms with van der Waals surface area (Å²) in [5.74, 6) is -0.131. The van der Waals surface area contributed by atoms with Gasteiger partial charge in [0.25, 0.3) is 0 Å². The molecule has 0 aliphatic heterocycles. The van der Waals surface area contributed by atoms with Crippen molar-refractivity contribution < 1.29 is 26.9 Å². The van der Waals surface area contributed by atoms with Gasteiger partial charge in [-0.1, -0.05) is 49.3 Å². The maximum atomic E-state index is 12.5. The molecule has 0 saturated carbocycles. The maximum Gasteiger partial charge on any atom is 0.324 e. The van der Waals surface area contributed by atoms with Crippen LogP contribution in [0.5, 0.6) is 0 Å². The first-order valence-corrected chi connectivity index (χ1v) is 10.8. The minimum Gasteiger partial charge on any atom is -0.461 e. The lowest BCUT2D eigenvalue weighted by Crippen LogP contribution is -2.44. The van der Waals surface area contributed by atoms with Crippen LogP contribution in [0.4, 0.5) is 0 Å². The number of esters is 1. The molecule has 2 heterocycles. The fourth-order valence-corrected chi connectivity index (χ4v) is 3.69. The van der Waals surface area contributed by atoms with Crippen molar-refractivity contribution in [1.29, 1.82) is 0 Å². The molecular formula is C21H22N2O6S. The third-order valence-corrected chi connectivity index (χ3v) is 5.21. The fraction of sp³-hybridized carbons (Fsp3) is 0.238. The smallest absolute Gasteiger partial charge is 0.324 e. The van der Waals surface area contributed by atoms with Crippen LogP contribution in [0.15, 0.2) is 69.1 Å². The lowest BCUT2D eigenvalue weighted by Gasteiger charge is -2.19. The number of hydrogen-bond donors (Lipinski definition) is 1. The third-order valence-electron chi connectivity index (χ3n) is 4.14. The van der Waals surface area contributed by atoms with Crippen molar-refractivity contribution >= 4 is 22.1 Å². The summed E-state index contributed by atoms with van der Waals surface area (Å²) in [6.07, 6.45) is 2.96. The van der Waals surface area contributed by atoms with E-state index in [2.05, 4.69) is 9.88 Å². The largest absolute Gasteiger partial charge is 0.461 e. The van der Waals surface area contributed by atoms with Gasteiger partial charge in [-0.15, -0.1) is 0 Å². The quantitative estimate of drug-likeness (QED) is 0.516. The molecule has 3 rings (SSSR count). The molecule has 1 aromatic carbocycles. The van der Waals surface area contributed by atoms with Gasteiger partial charge in [-0.05, 0) is 29.7 Å². The molecule has 9 heteroatoms. The molecular weight excluding hydrogens is 408 g/mol. The molecule has 1 atom stereocenters. The molecule has 0 radical (unpaired) electrons. The van der Waals surface area contributed by atoms with Gasteiger partial charge in [0.05, 0.1) is 6.26 Å². The van der Waals surface area contributed by atoms with Gasteiger partial charge in [-0.3, -0.25) is 4.79 Å². The van der Waals surface area contributed by atoms with E-state index >= 15 is 0 Å². The zero-order chi connectivity index (χ0) is 21.6. The number of nitrogens with one attached hydrogen (secondary N) is 1. The van der Waals surface area contributed by atoms with Gasteiger partial charge in [0.1, 0.15) is 18.3 Å². The van der Waals surface area contributed by atoms with Gasteiger partial charge in [0, 0.05) is 11.5 Å². The number of hydrogen-bond acceptors (Lipinski definition) is 7. The van der Waals surface area contributed by atoms with Crippen molar-refractivity contribution in [2.75, 3.05) is 0 Å². The van der Waals surface area contributed by atoms with Crippen LogP contribution in [0.2, 0.25) is 0 Å². The first-order chi connectivity index (χ1) is 14.3. The molecule has 3 aromatic rings. The summed E-state index contributed by atoms with van der Waals surface area (Å²) < 4.78 is 42.8. The molecule has 0 amide bonds. The van der Waals surface area contributed by atoms with Crippen molar-refractivity contribution in [3.05, 3.63) is 71.5 Å². The van der Waals surface area contributed by atoms with Gasteiger partial charge >= 0.3 is 5.97 Å². The number of nitrogens with zero attached hydrogens (tertiary/aromatic N) is 1.